The second-order valence-corrected chi connectivity index (χ2v) is 7.02. The van der Waals surface area contributed by atoms with Crippen molar-refractivity contribution in [3.8, 4) is 0 Å². The summed E-state index contributed by atoms with van der Waals surface area (Å²) in [4.78, 5) is 17.1. The van der Waals surface area contributed by atoms with E-state index in [4.69, 9.17) is 9.47 Å². The van der Waals surface area contributed by atoms with E-state index < -0.39 is 0 Å². The highest BCUT2D eigenvalue weighted by atomic mass is 16.5. The Kier molecular flexibility index (Phi) is 5.93. The Hall–Kier alpha value is -1.63. The highest BCUT2D eigenvalue weighted by molar-refractivity contribution is 5.94. The molecular formula is C19H29N3O3. The minimum Gasteiger partial charge on any atom is -0.378 e. The van der Waals surface area contributed by atoms with E-state index in [0.717, 1.165) is 45.1 Å². The van der Waals surface area contributed by atoms with Crippen molar-refractivity contribution in [2.24, 2.45) is 0 Å². The summed E-state index contributed by atoms with van der Waals surface area (Å²) in [6.07, 6.45) is 0.318. The van der Waals surface area contributed by atoms with Gasteiger partial charge >= 0.3 is 0 Å². The van der Waals surface area contributed by atoms with Gasteiger partial charge in [0, 0.05) is 37.6 Å². The van der Waals surface area contributed by atoms with Gasteiger partial charge in [-0.25, -0.2) is 0 Å². The van der Waals surface area contributed by atoms with Gasteiger partial charge < -0.3 is 19.7 Å². The molecule has 0 unspecified atom stereocenters. The summed E-state index contributed by atoms with van der Waals surface area (Å²) in [5.41, 5.74) is 2.01. The van der Waals surface area contributed by atoms with Crippen LogP contribution in [0.1, 0.15) is 20.8 Å². The van der Waals surface area contributed by atoms with Crippen LogP contribution < -0.4 is 10.2 Å². The minimum absolute atomic E-state index is 0.0282. The van der Waals surface area contributed by atoms with Gasteiger partial charge in [-0.1, -0.05) is 0 Å². The van der Waals surface area contributed by atoms with Gasteiger partial charge in [0.15, 0.2) is 0 Å². The van der Waals surface area contributed by atoms with E-state index in [1.807, 2.05) is 19.1 Å². The van der Waals surface area contributed by atoms with Gasteiger partial charge in [-0.05, 0) is 45.0 Å². The van der Waals surface area contributed by atoms with Crippen molar-refractivity contribution in [2.45, 2.75) is 39.0 Å². The lowest BCUT2D eigenvalue weighted by Gasteiger charge is -2.38. The molecule has 2 aliphatic rings. The molecule has 1 aromatic carbocycles. The van der Waals surface area contributed by atoms with Gasteiger partial charge in [-0.3, -0.25) is 9.69 Å². The molecule has 138 valence electrons. The minimum atomic E-state index is -0.173. The van der Waals surface area contributed by atoms with E-state index >= 15 is 0 Å². The Morgan fingerprint density at radius 2 is 1.72 bits per heavy atom. The number of rotatable bonds is 4. The third-order valence-electron chi connectivity index (χ3n) is 4.89. The standard InChI is InChI=1S/C19H29N3O3/c1-14-12-22(13-15(2)25-14)16(3)19(23)20-17-4-6-18(7-5-17)21-8-10-24-11-9-21/h4-7,14-16H,8-13H2,1-3H3,(H,20,23)/t14-,15+,16-/m0/s1. The van der Waals surface area contributed by atoms with Crippen molar-refractivity contribution < 1.29 is 14.3 Å². The Labute approximate surface area is 150 Å². The fraction of sp³-hybridized carbons (Fsp3) is 0.632. The van der Waals surface area contributed by atoms with Crippen LogP contribution in [0.15, 0.2) is 24.3 Å². The van der Waals surface area contributed by atoms with Crippen molar-refractivity contribution in [3.63, 3.8) is 0 Å². The molecule has 1 amide bonds. The molecule has 1 N–H and O–H groups in total. The SMILES string of the molecule is C[C@@H]1CN([C@@H](C)C(=O)Nc2ccc(N3CCOCC3)cc2)C[C@H](C)O1. The van der Waals surface area contributed by atoms with Gasteiger partial charge in [-0.2, -0.15) is 0 Å². The summed E-state index contributed by atoms with van der Waals surface area (Å²) in [5, 5.41) is 3.03. The summed E-state index contributed by atoms with van der Waals surface area (Å²) in [7, 11) is 0. The monoisotopic (exact) mass is 347 g/mol. The second-order valence-electron chi connectivity index (χ2n) is 7.02. The zero-order valence-corrected chi connectivity index (χ0v) is 15.4. The molecule has 25 heavy (non-hydrogen) atoms. The maximum absolute atomic E-state index is 12.6. The van der Waals surface area contributed by atoms with Crippen LogP contribution in [0.25, 0.3) is 0 Å². The Morgan fingerprint density at radius 1 is 1.12 bits per heavy atom. The fourth-order valence-corrected chi connectivity index (χ4v) is 3.52. The van der Waals surface area contributed by atoms with E-state index in [2.05, 4.69) is 41.1 Å². The Morgan fingerprint density at radius 3 is 2.32 bits per heavy atom. The molecule has 2 aliphatic heterocycles. The van der Waals surface area contributed by atoms with Crippen LogP contribution in [-0.4, -0.2) is 68.4 Å². The molecular weight excluding hydrogens is 318 g/mol. The largest absolute Gasteiger partial charge is 0.378 e. The van der Waals surface area contributed by atoms with E-state index in [9.17, 15) is 4.79 Å². The van der Waals surface area contributed by atoms with Crippen molar-refractivity contribution in [3.05, 3.63) is 24.3 Å². The van der Waals surface area contributed by atoms with Gasteiger partial charge in [0.25, 0.3) is 0 Å². The molecule has 2 saturated heterocycles. The topological polar surface area (TPSA) is 54.0 Å². The predicted octanol–water partition coefficient (Wildman–Crippen LogP) is 1.96. The van der Waals surface area contributed by atoms with Crippen LogP contribution in [0.4, 0.5) is 11.4 Å². The van der Waals surface area contributed by atoms with Crippen LogP contribution in [0.3, 0.4) is 0 Å². The van der Waals surface area contributed by atoms with Gasteiger partial charge in [0.1, 0.15) is 0 Å². The summed E-state index contributed by atoms with van der Waals surface area (Å²) >= 11 is 0. The van der Waals surface area contributed by atoms with Crippen molar-refractivity contribution in [1.82, 2.24) is 4.90 Å². The highest BCUT2D eigenvalue weighted by Crippen LogP contribution is 2.20. The predicted molar refractivity (Wildman–Crippen MR) is 99.1 cm³/mol. The molecule has 2 heterocycles. The number of amides is 1. The van der Waals surface area contributed by atoms with Crippen molar-refractivity contribution in [2.75, 3.05) is 49.6 Å². The molecule has 0 spiro atoms. The third-order valence-corrected chi connectivity index (χ3v) is 4.89. The van der Waals surface area contributed by atoms with Crippen molar-refractivity contribution >= 4 is 17.3 Å². The Balaban J connectivity index is 1.56. The van der Waals surface area contributed by atoms with Gasteiger partial charge in [0.05, 0.1) is 31.5 Å². The average Bonchev–Trinajstić information content (AvgIpc) is 2.61. The zero-order valence-electron chi connectivity index (χ0n) is 15.4. The van der Waals surface area contributed by atoms with Crippen LogP contribution in [0.2, 0.25) is 0 Å². The normalized spacial score (nSPS) is 26.3. The quantitative estimate of drug-likeness (QED) is 0.902. The van der Waals surface area contributed by atoms with Crippen LogP contribution in [0.5, 0.6) is 0 Å². The first kappa shape index (κ1) is 18.2. The lowest BCUT2D eigenvalue weighted by molar-refractivity contribution is -0.126. The maximum Gasteiger partial charge on any atom is 0.241 e. The molecule has 0 radical (unpaired) electrons. The van der Waals surface area contributed by atoms with Crippen LogP contribution in [0, 0.1) is 0 Å². The number of anilines is 2. The number of morpholine rings is 2. The number of carbonyl (C=O) groups is 1. The first-order chi connectivity index (χ1) is 12.0. The third kappa shape index (κ3) is 4.71. The maximum atomic E-state index is 12.6. The summed E-state index contributed by atoms with van der Waals surface area (Å²) in [5.74, 6) is 0.0282. The summed E-state index contributed by atoms with van der Waals surface area (Å²) in [6.45, 7) is 11.0. The van der Waals surface area contributed by atoms with Crippen LogP contribution >= 0.6 is 0 Å². The zero-order chi connectivity index (χ0) is 17.8. The van der Waals surface area contributed by atoms with E-state index in [-0.39, 0.29) is 24.2 Å². The number of carbonyl (C=O) groups excluding carboxylic acids is 1. The number of hydrogen-bond acceptors (Lipinski definition) is 5. The van der Waals surface area contributed by atoms with Crippen molar-refractivity contribution in [1.29, 1.82) is 0 Å². The van der Waals surface area contributed by atoms with Gasteiger partial charge in [0.2, 0.25) is 5.91 Å². The Bertz CT molecular complexity index is 562. The highest BCUT2D eigenvalue weighted by Gasteiger charge is 2.29. The van der Waals surface area contributed by atoms with Crippen LogP contribution in [-0.2, 0) is 14.3 Å². The van der Waals surface area contributed by atoms with E-state index in [1.54, 1.807) is 0 Å². The number of nitrogens with one attached hydrogen (secondary N) is 1. The number of nitrogens with zero attached hydrogens (tertiary/aromatic N) is 2. The second kappa shape index (κ2) is 8.17. The van der Waals surface area contributed by atoms with Gasteiger partial charge in [-0.15, -0.1) is 0 Å². The van der Waals surface area contributed by atoms with E-state index in [0.29, 0.717) is 0 Å². The lowest BCUT2D eigenvalue weighted by atomic mass is 10.1. The average molecular weight is 347 g/mol. The molecule has 3 rings (SSSR count). The first-order valence-corrected chi connectivity index (χ1v) is 9.16. The fourth-order valence-electron chi connectivity index (χ4n) is 3.52. The molecule has 1 aromatic rings. The lowest BCUT2D eigenvalue weighted by Crippen LogP contribution is -2.52. The molecule has 3 atom stereocenters. The number of hydrogen-bond donors (Lipinski definition) is 1. The van der Waals surface area contributed by atoms with E-state index in [1.165, 1.54) is 5.69 Å². The molecule has 6 heteroatoms. The molecule has 0 bridgehead atoms. The smallest absolute Gasteiger partial charge is 0.241 e. The first-order valence-electron chi connectivity index (χ1n) is 9.16. The molecule has 6 nitrogen and oxygen atoms in total. The number of benzene rings is 1. The molecule has 2 fully saturated rings. The summed E-state index contributed by atoms with van der Waals surface area (Å²) < 4.78 is 11.1. The number of ether oxygens (including phenoxy) is 2. The molecule has 0 aliphatic carbocycles. The summed E-state index contributed by atoms with van der Waals surface area (Å²) in [6, 6.07) is 7.89. The molecule has 0 aromatic heterocycles. The molecule has 0 saturated carbocycles.